The molecule has 0 aliphatic rings. The Hall–Kier alpha value is 2.39. The Bertz CT molecular complexity index is 484. The molecule has 130 valence electrons. The van der Waals surface area contributed by atoms with Crippen molar-refractivity contribution >= 4 is 107 Å². The van der Waals surface area contributed by atoms with Crippen LogP contribution in [0.3, 0.4) is 0 Å². The molecule has 0 amide bonds. The minimum Gasteiger partial charge on any atom is -0.266 e. The molecule has 0 saturated heterocycles. The van der Waals surface area contributed by atoms with Gasteiger partial charge in [-0.15, -0.1) is 0 Å². The molecule has 1 aromatic rings. The third-order valence-corrected chi connectivity index (χ3v) is 5.09. The van der Waals surface area contributed by atoms with Crippen molar-refractivity contribution in [3.8, 4) is 0 Å². The number of hydrogen-bond acceptors (Lipinski definition) is 3. The summed E-state index contributed by atoms with van der Waals surface area (Å²) in [7, 11) is -3.57. The predicted octanol–water partition coefficient (Wildman–Crippen LogP) is 4.17. The second-order valence-corrected chi connectivity index (χ2v) is 7.39. The number of rotatable bonds is 13. The zero-order valence-electron chi connectivity index (χ0n) is 16.5. The molecule has 0 N–H and O–H groups in total. The zero-order valence-corrected chi connectivity index (χ0v) is 23.5. The molecular formula is C18H30CaNa2O3S. The van der Waals surface area contributed by atoms with Crippen LogP contribution >= 0.6 is 0 Å². The summed E-state index contributed by atoms with van der Waals surface area (Å²) in [6, 6.07) is 8.33. The molecule has 4 radical (unpaired) electrons. The first-order valence-corrected chi connectivity index (χ1v) is 10.0. The minimum atomic E-state index is -3.57. The van der Waals surface area contributed by atoms with Crippen LogP contribution in [0.1, 0.15) is 71.1 Å². The van der Waals surface area contributed by atoms with Crippen molar-refractivity contribution in [3.05, 3.63) is 30.3 Å². The fourth-order valence-electron chi connectivity index (χ4n) is 2.41. The molecule has 0 aliphatic carbocycles. The van der Waals surface area contributed by atoms with Gasteiger partial charge >= 0.3 is 0 Å². The van der Waals surface area contributed by atoms with Gasteiger partial charge in [-0.25, -0.2) is 0 Å². The standard InChI is InChI=1S/C18H30O3S.Ca.2Na/c1-2-3-4-5-6-7-8-9-10-14-17-21-22(19,20)18-15-12-11-13-16-18;;;/h11-13,15-16H,2-10,14,17H2,1H3;;;. The van der Waals surface area contributed by atoms with Crippen molar-refractivity contribution in [3.63, 3.8) is 0 Å². The molecule has 0 atom stereocenters. The molecule has 1 rings (SSSR count). The van der Waals surface area contributed by atoms with Gasteiger partial charge in [0.1, 0.15) is 0 Å². The molecule has 0 fully saturated rings. The first-order valence-electron chi connectivity index (χ1n) is 8.61. The van der Waals surface area contributed by atoms with Crippen LogP contribution in [0.2, 0.25) is 0 Å². The molecule has 0 aromatic heterocycles. The third-order valence-electron chi connectivity index (χ3n) is 3.77. The van der Waals surface area contributed by atoms with Gasteiger partial charge in [0.05, 0.1) is 11.5 Å². The SMILES string of the molecule is CCCCCCCCCCCCOS(=O)(=O)c1ccccc1.[Ca].[Na].[Na]. The summed E-state index contributed by atoms with van der Waals surface area (Å²) in [6.07, 6.45) is 12.3. The second-order valence-electron chi connectivity index (χ2n) is 5.77. The first kappa shape index (κ1) is 32.1. The van der Waals surface area contributed by atoms with Gasteiger partial charge < -0.3 is 0 Å². The van der Waals surface area contributed by atoms with Crippen molar-refractivity contribution in [1.82, 2.24) is 0 Å². The average molecular weight is 413 g/mol. The van der Waals surface area contributed by atoms with Crippen LogP contribution in [0.5, 0.6) is 0 Å². The van der Waals surface area contributed by atoms with E-state index in [0.717, 1.165) is 12.8 Å². The van der Waals surface area contributed by atoms with E-state index in [2.05, 4.69) is 6.92 Å². The third kappa shape index (κ3) is 17.0. The van der Waals surface area contributed by atoms with E-state index in [1.54, 1.807) is 30.3 Å². The Morgan fingerprint density at radius 2 is 1.20 bits per heavy atom. The molecule has 25 heavy (non-hydrogen) atoms. The maximum atomic E-state index is 11.9. The Kier molecular flexibility index (Phi) is 27.1. The van der Waals surface area contributed by atoms with E-state index >= 15 is 0 Å². The van der Waals surface area contributed by atoms with E-state index in [0.29, 0.717) is 0 Å². The fraction of sp³-hybridized carbons (Fsp3) is 0.667. The average Bonchev–Trinajstić information content (AvgIpc) is 2.53. The van der Waals surface area contributed by atoms with Crippen LogP contribution in [0.15, 0.2) is 35.2 Å². The summed E-state index contributed by atoms with van der Waals surface area (Å²) < 4.78 is 28.8. The fourth-order valence-corrected chi connectivity index (χ4v) is 3.38. The van der Waals surface area contributed by atoms with E-state index < -0.39 is 10.1 Å². The molecular weight excluding hydrogens is 382 g/mol. The van der Waals surface area contributed by atoms with E-state index in [1.807, 2.05) is 0 Å². The van der Waals surface area contributed by atoms with Crippen LogP contribution in [0, 0.1) is 0 Å². The number of hydrogen-bond donors (Lipinski definition) is 0. The molecule has 0 heterocycles. The van der Waals surface area contributed by atoms with Gasteiger partial charge in [0.2, 0.25) is 0 Å². The molecule has 0 bridgehead atoms. The van der Waals surface area contributed by atoms with E-state index in [4.69, 9.17) is 4.18 Å². The van der Waals surface area contributed by atoms with Gasteiger partial charge in [0.25, 0.3) is 10.1 Å². The molecule has 0 aliphatic heterocycles. The largest absolute Gasteiger partial charge is 0.296 e. The summed E-state index contributed by atoms with van der Waals surface area (Å²) in [6.45, 7) is 2.52. The van der Waals surface area contributed by atoms with Gasteiger partial charge in [-0.3, -0.25) is 4.18 Å². The number of benzene rings is 1. The van der Waals surface area contributed by atoms with Crippen LogP contribution in [-0.2, 0) is 14.3 Å². The Labute approximate surface area is 229 Å². The summed E-state index contributed by atoms with van der Waals surface area (Å²) in [5, 5.41) is 0. The van der Waals surface area contributed by atoms with Crippen LogP contribution < -0.4 is 0 Å². The van der Waals surface area contributed by atoms with Crippen molar-refractivity contribution in [1.29, 1.82) is 0 Å². The van der Waals surface area contributed by atoms with Crippen LogP contribution in [0.25, 0.3) is 0 Å². The van der Waals surface area contributed by atoms with Crippen molar-refractivity contribution in [2.45, 2.75) is 76.0 Å². The molecule has 0 spiro atoms. The number of unbranched alkanes of at least 4 members (excludes halogenated alkanes) is 9. The Morgan fingerprint density at radius 3 is 1.68 bits per heavy atom. The monoisotopic (exact) mass is 412 g/mol. The summed E-state index contributed by atoms with van der Waals surface area (Å²) in [5.74, 6) is 0. The maximum Gasteiger partial charge on any atom is 0.296 e. The summed E-state index contributed by atoms with van der Waals surface area (Å²) >= 11 is 0. The first-order chi connectivity index (χ1) is 10.7. The normalized spacial score (nSPS) is 10.3. The van der Waals surface area contributed by atoms with Crippen molar-refractivity contribution in [2.75, 3.05) is 6.61 Å². The van der Waals surface area contributed by atoms with Crippen LogP contribution in [-0.4, -0.2) is 112 Å². The van der Waals surface area contributed by atoms with Gasteiger partial charge in [0, 0.05) is 96.9 Å². The van der Waals surface area contributed by atoms with E-state index in [9.17, 15) is 8.42 Å². The Morgan fingerprint density at radius 1 is 0.760 bits per heavy atom. The molecule has 1 aromatic carbocycles. The molecule has 3 nitrogen and oxygen atoms in total. The van der Waals surface area contributed by atoms with Gasteiger partial charge in [-0.1, -0.05) is 82.9 Å². The predicted molar refractivity (Wildman–Crippen MR) is 109 cm³/mol. The molecule has 7 heteroatoms. The Balaban J connectivity index is -0.00000161. The van der Waals surface area contributed by atoms with Crippen molar-refractivity contribution in [2.24, 2.45) is 0 Å². The maximum absolute atomic E-state index is 11.9. The second kappa shape index (κ2) is 21.1. The van der Waals surface area contributed by atoms with Gasteiger partial charge in [-0.2, -0.15) is 8.42 Å². The van der Waals surface area contributed by atoms with Gasteiger partial charge in [-0.05, 0) is 18.6 Å². The summed E-state index contributed by atoms with van der Waals surface area (Å²) in [5.41, 5.74) is 0. The van der Waals surface area contributed by atoms with Crippen LogP contribution in [0.4, 0.5) is 0 Å². The van der Waals surface area contributed by atoms with E-state index in [-0.39, 0.29) is 108 Å². The minimum absolute atomic E-state index is 0. The molecule has 0 unspecified atom stereocenters. The van der Waals surface area contributed by atoms with Gasteiger partial charge in [0.15, 0.2) is 0 Å². The quantitative estimate of drug-likeness (QED) is 0.277. The van der Waals surface area contributed by atoms with E-state index in [1.165, 1.54) is 51.4 Å². The zero-order chi connectivity index (χ0) is 16.1. The topological polar surface area (TPSA) is 43.4 Å². The molecule has 0 saturated carbocycles. The van der Waals surface area contributed by atoms with Crippen molar-refractivity contribution < 1.29 is 12.6 Å². The summed E-state index contributed by atoms with van der Waals surface area (Å²) in [4.78, 5) is 0.238. The smallest absolute Gasteiger partial charge is 0.266 e.